The fraction of sp³-hybridized carbons (Fsp3) is 0.214. The van der Waals surface area contributed by atoms with Gasteiger partial charge in [-0.05, 0) is 24.6 Å². The van der Waals surface area contributed by atoms with Gasteiger partial charge in [-0.1, -0.05) is 18.2 Å². The van der Waals surface area contributed by atoms with Crippen molar-refractivity contribution in [1.82, 2.24) is 14.9 Å². The number of para-hydroxylation sites is 1. The van der Waals surface area contributed by atoms with E-state index in [4.69, 9.17) is 0 Å². The van der Waals surface area contributed by atoms with E-state index in [1.165, 1.54) is 21.5 Å². The lowest BCUT2D eigenvalue weighted by Gasteiger charge is -2.09. The largest absolute Gasteiger partial charge is 0.338 e. The first-order chi connectivity index (χ1) is 8.88. The van der Waals surface area contributed by atoms with Crippen molar-refractivity contribution >= 4 is 22.2 Å². The normalized spacial score (nSPS) is 11.2. The number of hydrogen-bond donors (Lipinski definition) is 1. The number of hydrogen-bond acceptors (Lipinski definition) is 3. The molecular weight excluding hydrogens is 242 g/mol. The molecule has 0 saturated heterocycles. The molecule has 1 N–H and O–H groups in total. The summed E-state index contributed by atoms with van der Waals surface area (Å²) in [6.45, 7) is 1.78. The van der Waals surface area contributed by atoms with Gasteiger partial charge < -0.3 is 9.88 Å². The standard InChI is InChI=1S/C14H15N3S/c1-15-7-12-6-11-4-2-3-5-14(11)17(12)9-13-8-16-10-18-13/h2-6,8,10,15H,7,9H2,1H3. The van der Waals surface area contributed by atoms with Crippen LogP contribution in [-0.4, -0.2) is 16.6 Å². The molecule has 3 nitrogen and oxygen atoms in total. The fourth-order valence-corrected chi connectivity index (χ4v) is 2.84. The molecule has 0 unspecified atom stereocenters. The molecule has 92 valence electrons. The van der Waals surface area contributed by atoms with Gasteiger partial charge in [0.25, 0.3) is 0 Å². The number of fused-ring (bicyclic) bond motifs is 1. The van der Waals surface area contributed by atoms with Gasteiger partial charge in [-0.25, -0.2) is 0 Å². The molecule has 1 aromatic carbocycles. The molecule has 0 aliphatic heterocycles. The summed E-state index contributed by atoms with van der Waals surface area (Å²) >= 11 is 1.70. The smallest absolute Gasteiger partial charge is 0.0794 e. The second-order valence-electron chi connectivity index (χ2n) is 4.28. The lowest BCUT2D eigenvalue weighted by atomic mass is 10.2. The Morgan fingerprint density at radius 1 is 1.33 bits per heavy atom. The number of nitrogens with zero attached hydrogens (tertiary/aromatic N) is 2. The van der Waals surface area contributed by atoms with Crippen LogP contribution in [0.2, 0.25) is 0 Å². The summed E-state index contributed by atoms with van der Waals surface area (Å²) in [5.74, 6) is 0. The summed E-state index contributed by atoms with van der Waals surface area (Å²) in [4.78, 5) is 5.43. The Morgan fingerprint density at radius 3 is 3.00 bits per heavy atom. The monoisotopic (exact) mass is 257 g/mol. The second kappa shape index (κ2) is 4.92. The van der Waals surface area contributed by atoms with Crippen molar-refractivity contribution < 1.29 is 0 Å². The predicted octanol–water partition coefficient (Wildman–Crippen LogP) is 2.87. The summed E-state index contributed by atoms with van der Waals surface area (Å²) in [6, 6.07) is 10.8. The third-order valence-electron chi connectivity index (χ3n) is 3.05. The van der Waals surface area contributed by atoms with E-state index in [1.54, 1.807) is 11.3 Å². The van der Waals surface area contributed by atoms with Gasteiger partial charge in [0.05, 0.1) is 12.1 Å². The first-order valence-electron chi connectivity index (χ1n) is 5.97. The number of benzene rings is 1. The van der Waals surface area contributed by atoms with Gasteiger partial charge in [-0.2, -0.15) is 0 Å². The zero-order valence-corrected chi connectivity index (χ0v) is 11.1. The molecule has 18 heavy (non-hydrogen) atoms. The van der Waals surface area contributed by atoms with Gasteiger partial charge in [-0.3, -0.25) is 4.98 Å². The first-order valence-corrected chi connectivity index (χ1v) is 6.85. The van der Waals surface area contributed by atoms with E-state index >= 15 is 0 Å². The van der Waals surface area contributed by atoms with Crippen molar-refractivity contribution in [3.8, 4) is 0 Å². The molecule has 0 bridgehead atoms. The molecule has 3 aromatic rings. The zero-order chi connectivity index (χ0) is 12.4. The second-order valence-corrected chi connectivity index (χ2v) is 5.25. The molecule has 0 amide bonds. The summed E-state index contributed by atoms with van der Waals surface area (Å²) in [6.07, 6.45) is 1.95. The maximum Gasteiger partial charge on any atom is 0.0794 e. The van der Waals surface area contributed by atoms with Crippen molar-refractivity contribution in [2.45, 2.75) is 13.1 Å². The van der Waals surface area contributed by atoms with E-state index < -0.39 is 0 Å². The van der Waals surface area contributed by atoms with Gasteiger partial charge in [0.2, 0.25) is 0 Å². The van der Waals surface area contributed by atoms with E-state index in [1.807, 2.05) is 18.8 Å². The summed E-state index contributed by atoms with van der Waals surface area (Å²) in [5.41, 5.74) is 4.49. The molecule has 3 rings (SSSR count). The van der Waals surface area contributed by atoms with E-state index in [0.717, 1.165) is 13.1 Å². The van der Waals surface area contributed by atoms with Crippen molar-refractivity contribution in [2.24, 2.45) is 0 Å². The van der Waals surface area contributed by atoms with Crippen LogP contribution in [-0.2, 0) is 13.1 Å². The number of thiazole rings is 1. The van der Waals surface area contributed by atoms with E-state index in [-0.39, 0.29) is 0 Å². The predicted molar refractivity (Wildman–Crippen MR) is 75.9 cm³/mol. The van der Waals surface area contributed by atoms with Gasteiger partial charge in [0.1, 0.15) is 0 Å². The Morgan fingerprint density at radius 2 is 2.22 bits per heavy atom. The van der Waals surface area contributed by atoms with Crippen LogP contribution >= 0.6 is 11.3 Å². The van der Waals surface area contributed by atoms with Crippen molar-refractivity contribution in [3.05, 3.63) is 52.6 Å². The van der Waals surface area contributed by atoms with Gasteiger partial charge in [0.15, 0.2) is 0 Å². The Balaban J connectivity index is 2.09. The SMILES string of the molecule is CNCc1cc2ccccc2n1Cc1cncs1. The van der Waals surface area contributed by atoms with Crippen molar-refractivity contribution in [2.75, 3.05) is 7.05 Å². The molecule has 2 aromatic heterocycles. The van der Waals surface area contributed by atoms with Crippen LogP contribution < -0.4 is 5.32 Å². The molecule has 2 heterocycles. The van der Waals surface area contributed by atoms with Crippen molar-refractivity contribution in [3.63, 3.8) is 0 Å². The van der Waals surface area contributed by atoms with Crippen LogP contribution in [0, 0.1) is 0 Å². The highest BCUT2D eigenvalue weighted by Gasteiger charge is 2.08. The molecular formula is C14H15N3S. The lowest BCUT2D eigenvalue weighted by molar-refractivity contribution is 0.713. The fourth-order valence-electron chi connectivity index (χ4n) is 2.26. The van der Waals surface area contributed by atoms with E-state index in [0.29, 0.717) is 0 Å². The minimum atomic E-state index is 0.882. The highest BCUT2D eigenvalue weighted by molar-refractivity contribution is 7.09. The Bertz CT molecular complexity index is 640. The number of nitrogens with one attached hydrogen (secondary N) is 1. The molecule has 0 radical (unpaired) electrons. The molecule has 0 spiro atoms. The van der Waals surface area contributed by atoms with Gasteiger partial charge in [-0.15, -0.1) is 11.3 Å². The Hall–Kier alpha value is -1.65. The topological polar surface area (TPSA) is 29.9 Å². The maximum atomic E-state index is 4.15. The van der Waals surface area contributed by atoms with Gasteiger partial charge >= 0.3 is 0 Å². The maximum absolute atomic E-state index is 4.15. The molecule has 0 aliphatic carbocycles. The summed E-state index contributed by atoms with van der Waals surface area (Å²) < 4.78 is 2.36. The molecule has 0 aliphatic rings. The number of rotatable bonds is 4. The average Bonchev–Trinajstić information content (AvgIpc) is 3.00. The summed E-state index contributed by atoms with van der Waals surface area (Å²) in [5, 5.41) is 4.53. The van der Waals surface area contributed by atoms with Crippen LogP contribution in [0.1, 0.15) is 10.6 Å². The first kappa shape index (κ1) is 11.4. The van der Waals surface area contributed by atoms with Crippen LogP contribution in [0.5, 0.6) is 0 Å². The van der Waals surface area contributed by atoms with Gasteiger partial charge in [0, 0.05) is 28.8 Å². The third-order valence-corrected chi connectivity index (χ3v) is 3.82. The Labute approximate surface area is 110 Å². The minimum absolute atomic E-state index is 0.882. The molecule has 4 heteroatoms. The highest BCUT2D eigenvalue weighted by Crippen LogP contribution is 2.22. The highest BCUT2D eigenvalue weighted by atomic mass is 32.1. The molecule has 0 atom stereocenters. The van der Waals surface area contributed by atoms with E-state index in [9.17, 15) is 0 Å². The Kier molecular flexibility index (Phi) is 3.13. The van der Waals surface area contributed by atoms with Crippen LogP contribution in [0.15, 0.2) is 42.0 Å². The van der Waals surface area contributed by atoms with E-state index in [2.05, 4.69) is 45.2 Å². The summed E-state index contributed by atoms with van der Waals surface area (Å²) in [7, 11) is 1.98. The molecule has 0 saturated carbocycles. The van der Waals surface area contributed by atoms with Crippen LogP contribution in [0.3, 0.4) is 0 Å². The number of aromatic nitrogens is 2. The zero-order valence-electron chi connectivity index (χ0n) is 10.3. The quantitative estimate of drug-likeness (QED) is 0.779. The average molecular weight is 257 g/mol. The van der Waals surface area contributed by atoms with Crippen LogP contribution in [0.4, 0.5) is 0 Å². The third kappa shape index (κ3) is 2.05. The van der Waals surface area contributed by atoms with Crippen molar-refractivity contribution in [1.29, 1.82) is 0 Å². The van der Waals surface area contributed by atoms with Crippen LogP contribution in [0.25, 0.3) is 10.9 Å². The minimum Gasteiger partial charge on any atom is -0.338 e. The molecule has 0 fully saturated rings. The lowest BCUT2D eigenvalue weighted by Crippen LogP contribution is -2.11.